The van der Waals surface area contributed by atoms with Crippen LogP contribution < -0.4 is 5.32 Å². The first kappa shape index (κ1) is 20.6. The Kier molecular flexibility index (Phi) is 6.55. The molecular weight excluding hydrogens is 370 g/mol. The van der Waals surface area contributed by atoms with E-state index in [1.165, 1.54) is 5.56 Å². The molecule has 0 saturated heterocycles. The Morgan fingerprint density at radius 2 is 1.82 bits per heavy atom. The maximum Gasteiger partial charge on any atom is 0.310 e. The van der Waals surface area contributed by atoms with Crippen molar-refractivity contribution in [3.8, 4) is 0 Å². The number of carboxylic acids is 1. The van der Waals surface area contributed by atoms with Gasteiger partial charge in [0.05, 0.1) is 11.5 Å². The minimum absolute atomic E-state index is 0.0512. The lowest BCUT2D eigenvalue weighted by molar-refractivity contribution is -0.151. The number of carbonyl (C=O) groups excluding carboxylic acids is 1. The Morgan fingerprint density at radius 3 is 2.36 bits per heavy atom. The molecular formula is C23H29NO3S. The summed E-state index contributed by atoms with van der Waals surface area (Å²) in [5.41, 5.74) is 1.41. The van der Waals surface area contributed by atoms with Crippen LogP contribution in [0.1, 0.15) is 68.0 Å². The number of rotatable bonds is 8. The first-order valence-electron chi connectivity index (χ1n) is 10.0. The maximum absolute atomic E-state index is 12.8. The molecule has 1 heterocycles. The summed E-state index contributed by atoms with van der Waals surface area (Å²) in [4.78, 5) is 25.7. The summed E-state index contributed by atoms with van der Waals surface area (Å²) < 4.78 is 0. The van der Waals surface area contributed by atoms with Crippen molar-refractivity contribution in [1.82, 2.24) is 5.32 Å². The average molecular weight is 400 g/mol. The third-order valence-electron chi connectivity index (χ3n) is 5.60. The van der Waals surface area contributed by atoms with Crippen molar-refractivity contribution in [3.05, 3.63) is 57.8 Å². The normalized spacial score (nSPS) is 16.8. The largest absolute Gasteiger partial charge is 0.481 e. The number of hydrogen-bond donors (Lipinski definition) is 2. The fraction of sp³-hybridized carbons (Fsp3) is 0.478. The van der Waals surface area contributed by atoms with Crippen LogP contribution in [0.3, 0.4) is 0 Å². The SMILES string of the molecule is CC(C)Cc1ccc(C(NC(=O)CC2(C(=O)O)CCCC2)c2cccs2)cc1. The zero-order valence-electron chi connectivity index (χ0n) is 16.6. The quantitative estimate of drug-likeness (QED) is 0.642. The summed E-state index contributed by atoms with van der Waals surface area (Å²) >= 11 is 1.60. The van der Waals surface area contributed by atoms with E-state index in [1.807, 2.05) is 17.5 Å². The van der Waals surface area contributed by atoms with Crippen molar-refractivity contribution in [3.63, 3.8) is 0 Å². The van der Waals surface area contributed by atoms with E-state index in [2.05, 4.69) is 43.4 Å². The Morgan fingerprint density at radius 1 is 1.14 bits per heavy atom. The Bertz CT molecular complexity index is 790. The fourth-order valence-electron chi connectivity index (χ4n) is 4.13. The summed E-state index contributed by atoms with van der Waals surface area (Å²) in [7, 11) is 0. The summed E-state index contributed by atoms with van der Waals surface area (Å²) in [6, 6.07) is 12.1. The second kappa shape index (κ2) is 8.91. The standard InChI is InChI=1S/C23H29NO3S/c1-16(2)14-17-7-9-18(10-8-17)21(19-6-5-13-28-19)24-20(25)15-23(22(26)27)11-3-4-12-23/h5-10,13,16,21H,3-4,11-12,14-15H2,1-2H3,(H,24,25)(H,26,27). The lowest BCUT2D eigenvalue weighted by Crippen LogP contribution is -2.37. The molecule has 0 spiro atoms. The predicted octanol–water partition coefficient (Wildman–Crippen LogP) is 5.19. The smallest absolute Gasteiger partial charge is 0.310 e. The van der Waals surface area contributed by atoms with E-state index < -0.39 is 11.4 Å². The van der Waals surface area contributed by atoms with Gasteiger partial charge in [0, 0.05) is 11.3 Å². The molecule has 1 aromatic carbocycles. The predicted molar refractivity (Wildman–Crippen MR) is 112 cm³/mol. The molecule has 2 N–H and O–H groups in total. The van der Waals surface area contributed by atoms with Crippen LogP contribution in [0.4, 0.5) is 0 Å². The lowest BCUT2D eigenvalue weighted by atomic mass is 9.82. The van der Waals surface area contributed by atoms with Crippen LogP contribution in [0, 0.1) is 11.3 Å². The number of aliphatic carboxylic acids is 1. The number of carboxylic acid groups (broad SMARTS) is 1. The van der Waals surface area contributed by atoms with Crippen molar-refractivity contribution >= 4 is 23.2 Å². The number of nitrogens with one attached hydrogen (secondary N) is 1. The summed E-state index contributed by atoms with van der Waals surface area (Å²) in [6.45, 7) is 4.40. The van der Waals surface area contributed by atoms with E-state index in [0.29, 0.717) is 18.8 Å². The molecule has 0 bridgehead atoms. The topological polar surface area (TPSA) is 66.4 Å². The van der Waals surface area contributed by atoms with Crippen LogP contribution in [0.15, 0.2) is 41.8 Å². The molecule has 1 aliphatic carbocycles. The molecule has 5 heteroatoms. The molecule has 1 saturated carbocycles. The summed E-state index contributed by atoms with van der Waals surface area (Å²) in [5, 5.41) is 14.8. The van der Waals surface area contributed by atoms with E-state index in [0.717, 1.165) is 29.7 Å². The van der Waals surface area contributed by atoms with Crippen LogP contribution >= 0.6 is 11.3 Å². The van der Waals surface area contributed by atoms with Gasteiger partial charge in [0.15, 0.2) is 0 Å². The monoisotopic (exact) mass is 399 g/mol. The van der Waals surface area contributed by atoms with Gasteiger partial charge in [-0.15, -0.1) is 11.3 Å². The maximum atomic E-state index is 12.8. The minimum atomic E-state index is -0.898. The highest BCUT2D eigenvalue weighted by atomic mass is 32.1. The van der Waals surface area contributed by atoms with Gasteiger partial charge in [-0.1, -0.05) is 57.0 Å². The van der Waals surface area contributed by atoms with Crippen LogP contribution in [-0.4, -0.2) is 17.0 Å². The molecule has 150 valence electrons. The Hall–Kier alpha value is -2.14. The van der Waals surface area contributed by atoms with E-state index in [9.17, 15) is 14.7 Å². The van der Waals surface area contributed by atoms with Gasteiger partial charge in [0.25, 0.3) is 0 Å². The van der Waals surface area contributed by atoms with Crippen LogP contribution in [0.25, 0.3) is 0 Å². The zero-order valence-corrected chi connectivity index (χ0v) is 17.4. The number of hydrogen-bond acceptors (Lipinski definition) is 3. The van der Waals surface area contributed by atoms with Crippen molar-refractivity contribution < 1.29 is 14.7 Å². The van der Waals surface area contributed by atoms with Gasteiger partial charge in [-0.05, 0) is 47.8 Å². The minimum Gasteiger partial charge on any atom is -0.481 e. The molecule has 3 rings (SSSR count). The molecule has 0 radical (unpaired) electrons. The molecule has 28 heavy (non-hydrogen) atoms. The molecule has 2 aromatic rings. The fourth-order valence-corrected chi connectivity index (χ4v) is 4.93. The molecule has 0 aliphatic heterocycles. The number of thiophene rings is 1. The van der Waals surface area contributed by atoms with Gasteiger partial charge in [0.2, 0.25) is 5.91 Å². The van der Waals surface area contributed by atoms with Gasteiger partial charge in [-0.25, -0.2) is 0 Å². The summed E-state index contributed by atoms with van der Waals surface area (Å²) in [5.74, 6) is -0.433. The second-order valence-corrected chi connectivity index (χ2v) is 9.30. The van der Waals surface area contributed by atoms with Crippen molar-refractivity contribution in [1.29, 1.82) is 0 Å². The lowest BCUT2D eigenvalue weighted by Gasteiger charge is -2.25. The highest BCUT2D eigenvalue weighted by molar-refractivity contribution is 7.10. The third-order valence-corrected chi connectivity index (χ3v) is 6.54. The van der Waals surface area contributed by atoms with E-state index in [1.54, 1.807) is 11.3 Å². The van der Waals surface area contributed by atoms with Crippen molar-refractivity contribution in [2.45, 2.75) is 58.4 Å². The number of benzene rings is 1. The number of carbonyl (C=O) groups is 2. The van der Waals surface area contributed by atoms with Gasteiger partial charge in [-0.3, -0.25) is 9.59 Å². The van der Waals surface area contributed by atoms with E-state index in [4.69, 9.17) is 0 Å². The van der Waals surface area contributed by atoms with Crippen molar-refractivity contribution in [2.75, 3.05) is 0 Å². The second-order valence-electron chi connectivity index (χ2n) is 8.32. The highest BCUT2D eigenvalue weighted by Gasteiger charge is 2.43. The first-order chi connectivity index (χ1) is 13.4. The van der Waals surface area contributed by atoms with Gasteiger partial charge < -0.3 is 10.4 Å². The van der Waals surface area contributed by atoms with Gasteiger partial charge in [-0.2, -0.15) is 0 Å². The van der Waals surface area contributed by atoms with E-state index in [-0.39, 0.29) is 18.4 Å². The average Bonchev–Trinajstić information content (AvgIpc) is 3.32. The zero-order chi connectivity index (χ0) is 20.1. The van der Waals surface area contributed by atoms with Gasteiger partial charge >= 0.3 is 5.97 Å². The highest BCUT2D eigenvalue weighted by Crippen LogP contribution is 2.41. The molecule has 4 nitrogen and oxygen atoms in total. The Balaban J connectivity index is 1.77. The van der Waals surface area contributed by atoms with Crippen LogP contribution in [0.5, 0.6) is 0 Å². The molecule has 1 aromatic heterocycles. The van der Waals surface area contributed by atoms with Crippen molar-refractivity contribution in [2.24, 2.45) is 11.3 Å². The molecule has 1 fully saturated rings. The van der Waals surface area contributed by atoms with E-state index >= 15 is 0 Å². The first-order valence-corrected chi connectivity index (χ1v) is 10.9. The van der Waals surface area contributed by atoms with Crippen LogP contribution in [-0.2, 0) is 16.0 Å². The molecule has 1 unspecified atom stereocenters. The summed E-state index contributed by atoms with van der Waals surface area (Å²) in [6.07, 6.45) is 4.01. The molecule has 1 amide bonds. The van der Waals surface area contributed by atoms with Crippen LogP contribution in [0.2, 0.25) is 0 Å². The van der Waals surface area contributed by atoms with Gasteiger partial charge in [0.1, 0.15) is 0 Å². The number of amides is 1. The molecule has 1 atom stereocenters. The third kappa shape index (κ3) is 4.82. The molecule has 1 aliphatic rings. The Labute approximate surface area is 171 Å².